The summed E-state index contributed by atoms with van der Waals surface area (Å²) in [5, 5.41) is 9.99. The SMILES string of the molecule is C#CC(O)(CCO[Si](C)(C)C(C)(C)C)C(=O)OC. The Hall–Kier alpha value is -0.833. The Morgan fingerprint density at radius 3 is 2.22 bits per heavy atom. The molecule has 0 rings (SSSR count). The average molecular weight is 272 g/mol. The number of ether oxygens (including phenoxy) is 1. The first-order valence-corrected chi connectivity index (χ1v) is 8.83. The summed E-state index contributed by atoms with van der Waals surface area (Å²) in [4.78, 5) is 11.4. The smallest absolute Gasteiger partial charge is 0.350 e. The Labute approximate surface area is 111 Å². The van der Waals surface area contributed by atoms with Gasteiger partial charge in [0.25, 0.3) is 0 Å². The molecule has 1 unspecified atom stereocenters. The van der Waals surface area contributed by atoms with E-state index >= 15 is 0 Å². The molecule has 0 aromatic heterocycles. The molecule has 18 heavy (non-hydrogen) atoms. The minimum atomic E-state index is -1.89. The molecule has 0 aliphatic carbocycles. The number of aliphatic hydroxyl groups is 1. The fourth-order valence-electron chi connectivity index (χ4n) is 1.07. The predicted octanol–water partition coefficient (Wildman–Crippen LogP) is 1.94. The van der Waals surface area contributed by atoms with Crippen LogP contribution in [0.1, 0.15) is 27.2 Å². The van der Waals surface area contributed by atoms with Crippen molar-refractivity contribution in [2.45, 2.75) is 50.9 Å². The molecule has 0 amide bonds. The van der Waals surface area contributed by atoms with Crippen LogP contribution < -0.4 is 0 Å². The first-order valence-electron chi connectivity index (χ1n) is 5.93. The highest BCUT2D eigenvalue weighted by Crippen LogP contribution is 2.36. The lowest BCUT2D eigenvalue weighted by atomic mass is 10.0. The summed E-state index contributed by atoms with van der Waals surface area (Å²) in [5.74, 6) is 1.25. The summed E-state index contributed by atoms with van der Waals surface area (Å²) in [5.41, 5.74) is -1.89. The van der Waals surface area contributed by atoms with Gasteiger partial charge in [0, 0.05) is 13.0 Å². The molecule has 0 bridgehead atoms. The van der Waals surface area contributed by atoms with Crippen molar-refractivity contribution in [1.82, 2.24) is 0 Å². The second-order valence-electron chi connectivity index (χ2n) is 5.85. The first kappa shape index (κ1) is 17.2. The lowest BCUT2D eigenvalue weighted by Crippen LogP contribution is -2.44. The summed E-state index contributed by atoms with van der Waals surface area (Å²) in [6.07, 6.45) is 5.22. The van der Waals surface area contributed by atoms with Gasteiger partial charge in [0.2, 0.25) is 5.60 Å². The monoisotopic (exact) mass is 272 g/mol. The third-order valence-electron chi connectivity index (χ3n) is 3.49. The minimum Gasteiger partial charge on any atom is -0.466 e. The largest absolute Gasteiger partial charge is 0.466 e. The van der Waals surface area contributed by atoms with Gasteiger partial charge in [-0.25, -0.2) is 4.79 Å². The maximum atomic E-state index is 11.4. The molecule has 0 aromatic carbocycles. The number of rotatable bonds is 5. The highest BCUT2D eigenvalue weighted by atomic mass is 28.4. The van der Waals surface area contributed by atoms with E-state index in [0.717, 1.165) is 0 Å². The molecule has 0 radical (unpaired) electrons. The molecule has 5 heteroatoms. The molecule has 0 spiro atoms. The van der Waals surface area contributed by atoms with Gasteiger partial charge in [0.05, 0.1) is 7.11 Å². The summed E-state index contributed by atoms with van der Waals surface area (Å²) in [7, 11) is -0.700. The minimum absolute atomic E-state index is 0.0443. The molecule has 0 fully saturated rings. The summed E-state index contributed by atoms with van der Waals surface area (Å²) in [6.45, 7) is 10.8. The maximum absolute atomic E-state index is 11.4. The number of carbonyl (C=O) groups excluding carboxylic acids is 1. The van der Waals surface area contributed by atoms with Crippen LogP contribution >= 0.6 is 0 Å². The zero-order valence-electron chi connectivity index (χ0n) is 12.2. The second-order valence-corrected chi connectivity index (χ2v) is 10.7. The quantitative estimate of drug-likeness (QED) is 0.472. The van der Waals surface area contributed by atoms with Crippen molar-refractivity contribution >= 4 is 14.3 Å². The molecule has 0 aliphatic rings. The van der Waals surface area contributed by atoms with Crippen LogP contribution in [0.3, 0.4) is 0 Å². The Balaban J connectivity index is 4.53. The van der Waals surface area contributed by atoms with Gasteiger partial charge in [-0.05, 0) is 18.1 Å². The van der Waals surface area contributed by atoms with E-state index in [1.165, 1.54) is 7.11 Å². The van der Waals surface area contributed by atoms with Gasteiger partial charge in [-0.1, -0.05) is 26.7 Å². The summed E-state index contributed by atoms with van der Waals surface area (Å²) in [6, 6.07) is 0. The maximum Gasteiger partial charge on any atom is 0.350 e. The molecule has 1 N–H and O–H groups in total. The Kier molecular flexibility index (Phi) is 5.60. The standard InChI is InChI=1S/C13H24O4Si/c1-8-13(15,11(14)16-5)9-10-17-18(6,7)12(2,3)4/h1,15H,9-10H2,2-7H3. The van der Waals surface area contributed by atoms with Crippen LogP contribution in [0.15, 0.2) is 0 Å². The van der Waals surface area contributed by atoms with Crippen LogP contribution in [0.5, 0.6) is 0 Å². The molecule has 0 saturated carbocycles. The van der Waals surface area contributed by atoms with E-state index in [4.69, 9.17) is 10.8 Å². The lowest BCUT2D eigenvalue weighted by molar-refractivity contribution is -0.157. The third-order valence-corrected chi connectivity index (χ3v) is 8.03. The second kappa shape index (κ2) is 5.87. The van der Waals surface area contributed by atoms with Crippen molar-refractivity contribution in [1.29, 1.82) is 0 Å². The van der Waals surface area contributed by atoms with Crippen LogP contribution in [0.4, 0.5) is 0 Å². The highest BCUT2D eigenvalue weighted by Gasteiger charge is 2.39. The Morgan fingerprint density at radius 1 is 1.39 bits per heavy atom. The molecular weight excluding hydrogens is 248 g/mol. The fraction of sp³-hybridized carbons (Fsp3) is 0.769. The molecule has 104 valence electrons. The zero-order valence-corrected chi connectivity index (χ0v) is 13.2. The highest BCUT2D eigenvalue weighted by molar-refractivity contribution is 6.74. The van der Waals surface area contributed by atoms with Crippen LogP contribution in [0.2, 0.25) is 18.1 Å². The van der Waals surface area contributed by atoms with E-state index in [1.54, 1.807) is 0 Å². The van der Waals surface area contributed by atoms with Crippen molar-refractivity contribution in [2.24, 2.45) is 0 Å². The lowest BCUT2D eigenvalue weighted by Gasteiger charge is -2.36. The van der Waals surface area contributed by atoms with Crippen molar-refractivity contribution < 1.29 is 19.1 Å². The average Bonchev–Trinajstić information content (AvgIpc) is 2.25. The predicted molar refractivity (Wildman–Crippen MR) is 73.6 cm³/mol. The number of hydrogen-bond donors (Lipinski definition) is 1. The van der Waals surface area contributed by atoms with E-state index in [-0.39, 0.29) is 18.1 Å². The van der Waals surface area contributed by atoms with Crippen molar-refractivity contribution in [2.75, 3.05) is 13.7 Å². The van der Waals surface area contributed by atoms with Crippen LogP contribution in [-0.2, 0) is 14.0 Å². The van der Waals surface area contributed by atoms with Crippen molar-refractivity contribution in [3.63, 3.8) is 0 Å². The number of hydrogen-bond acceptors (Lipinski definition) is 4. The summed E-state index contributed by atoms with van der Waals surface area (Å²) >= 11 is 0. The van der Waals surface area contributed by atoms with Gasteiger partial charge >= 0.3 is 5.97 Å². The molecular formula is C13H24O4Si. The van der Waals surface area contributed by atoms with Gasteiger partial charge in [0.1, 0.15) is 0 Å². The van der Waals surface area contributed by atoms with E-state index in [0.29, 0.717) is 0 Å². The van der Waals surface area contributed by atoms with E-state index in [2.05, 4.69) is 44.5 Å². The summed E-state index contributed by atoms with van der Waals surface area (Å²) < 4.78 is 10.3. The van der Waals surface area contributed by atoms with Gasteiger partial charge in [-0.2, -0.15) is 0 Å². The molecule has 4 nitrogen and oxygen atoms in total. The topological polar surface area (TPSA) is 55.8 Å². The molecule has 1 atom stereocenters. The number of terminal acetylenes is 1. The first-order chi connectivity index (χ1) is 8.00. The van der Waals surface area contributed by atoms with Gasteiger partial charge in [0.15, 0.2) is 8.32 Å². The molecule has 0 saturated heterocycles. The molecule has 0 aromatic rings. The van der Waals surface area contributed by atoms with E-state index < -0.39 is 19.9 Å². The Morgan fingerprint density at radius 2 is 1.89 bits per heavy atom. The van der Waals surface area contributed by atoms with E-state index in [1.807, 2.05) is 0 Å². The van der Waals surface area contributed by atoms with Gasteiger partial charge in [-0.15, -0.1) is 6.42 Å². The van der Waals surface area contributed by atoms with E-state index in [9.17, 15) is 9.90 Å². The molecule has 0 heterocycles. The third kappa shape index (κ3) is 4.12. The van der Waals surface area contributed by atoms with Crippen LogP contribution in [-0.4, -0.2) is 38.7 Å². The number of carbonyl (C=O) groups is 1. The normalized spacial score (nSPS) is 15.7. The Bertz CT molecular complexity index is 338. The number of esters is 1. The number of methoxy groups -OCH3 is 1. The van der Waals surface area contributed by atoms with Crippen molar-refractivity contribution in [3.05, 3.63) is 0 Å². The van der Waals surface area contributed by atoms with Gasteiger partial charge in [-0.3, -0.25) is 0 Å². The zero-order chi connectivity index (χ0) is 14.6. The van der Waals surface area contributed by atoms with Gasteiger partial charge < -0.3 is 14.3 Å². The van der Waals surface area contributed by atoms with Crippen LogP contribution in [0.25, 0.3) is 0 Å². The van der Waals surface area contributed by atoms with Crippen LogP contribution in [0, 0.1) is 12.3 Å². The van der Waals surface area contributed by atoms with Crippen molar-refractivity contribution in [3.8, 4) is 12.3 Å². The molecule has 0 aliphatic heterocycles. The fourth-order valence-corrected chi connectivity index (χ4v) is 2.12.